The molecule has 0 bridgehead atoms. The van der Waals surface area contributed by atoms with E-state index in [4.69, 9.17) is 5.26 Å². The third-order valence-electron chi connectivity index (χ3n) is 3.75. The van der Waals surface area contributed by atoms with Crippen molar-refractivity contribution in [3.8, 4) is 11.8 Å². The standard InChI is InChI=1S/C20H14BrFN4O/c21-17-12-25-26(13-17)19-7-5-14(9-18(19)22)6-8-20(27)24-11-16-3-1-15(10-23)2-4-16/h1-9,12-13H,11H2,(H,24,27)/b8-6+. The number of benzene rings is 2. The topological polar surface area (TPSA) is 70.7 Å². The van der Waals surface area contributed by atoms with Crippen LogP contribution in [0.25, 0.3) is 11.8 Å². The Kier molecular flexibility index (Phi) is 5.79. The van der Waals surface area contributed by atoms with Gasteiger partial charge in [-0.1, -0.05) is 18.2 Å². The fourth-order valence-electron chi connectivity index (χ4n) is 2.36. The van der Waals surface area contributed by atoms with Crippen molar-refractivity contribution in [2.24, 2.45) is 0 Å². The van der Waals surface area contributed by atoms with Gasteiger partial charge in [0, 0.05) is 18.8 Å². The van der Waals surface area contributed by atoms with Gasteiger partial charge in [0.1, 0.15) is 11.5 Å². The van der Waals surface area contributed by atoms with Crippen molar-refractivity contribution < 1.29 is 9.18 Å². The predicted molar refractivity (Wildman–Crippen MR) is 103 cm³/mol. The Bertz CT molecular complexity index is 1030. The van der Waals surface area contributed by atoms with Crippen LogP contribution in [0.4, 0.5) is 4.39 Å². The lowest BCUT2D eigenvalue weighted by Gasteiger charge is -2.04. The second kappa shape index (κ2) is 8.43. The molecule has 0 radical (unpaired) electrons. The van der Waals surface area contributed by atoms with Crippen LogP contribution in [0.15, 0.2) is 65.4 Å². The fraction of sp³-hybridized carbons (Fsp3) is 0.0500. The molecule has 0 aliphatic carbocycles. The van der Waals surface area contributed by atoms with Gasteiger partial charge in [-0.05, 0) is 57.4 Å². The highest BCUT2D eigenvalue weighted by Crippen LogP contribution is 2.18. The van der Waals surface area contributed by atoms with E-state index in [2.05, 4.69) is 26.3 Å². The van der Waals surface area contributed by atoms with E-state index in [1.54, 1.807) is 54.9 Å². The van der Waals surface area contributed by atoms with Crippen LogP contribution in [0, 0.1) is 17.1 Å². The Morgan fingerprint density at radius 1 is 1.30 bits per heavy atom. The van der Waals surface area contributed by atoms with E-state index in [0.29, 0.717) is 23.4 Å². The summed E-state index contributed by atoms with van der Waals surface area (Å²) in [5.74, 6) is -0.731. The van der Waals surface area contributed by atoms with E-state index >= 15 is 0 Å². The number of hydrogen-bond acceptors (Lipinski definition) is 3. The van der Waals surface area contributed by atoms with E-state index in [1.165, 1.54) is 16.8 Å². The Labute approximate surface area is 163 Å². The number of carbonyl (C=O) groups excluding carboxylic acids is 1. The minimum atomic E-state index is -0.439. The number of halogens is 2. The predicted octanol–water partition coefficient (Wildman–Crippen LogP) is 3.98. The highest BCUT2D eigenvalue weighted by molar-refractivity contribution is 9.10. The Morgan fingerprint density at radius 3 is 2.70 bits per heavy atom. The van der Waals surface area contributed by atoms with Crippen LogP contribution in [0.2, 0.25) is 0 Å². The molecule has 27 heavy (non-hydrogen) atoms. The van der Waals surface area contributed by atoms with Gasteiger partial charge in [0.15, 0.2) is 0 Å². The maximum absolute atomic E-state index is 14.3. The van der Waals surface area contributed by atoms with Crippen LogP contribution in [0.1, 0.15) is 16.7 Å². The van der Waals surface area contributed by atoms with Crippen LogP contribution in [0.5, 0.6) is 0 Å². The summed E-state index contributed by atoms with van der Waals surface area (Å²) in [6.07, 6.45) is 6.12. The second-order valence-electron chi connectivity index (χ2n) is 5.67. The molecular weight excluding hydrogens is 411 g/mol. The van der Waals surface area contributed by atoms with Crippen molar-refractivity contribution in [1.29, 1.82) is 5.26 Å². The van der Waals surface area contributed by atoms with E-state index in [0.717, 1.165) is 10.0 Å². The summed E-state index contributed by atoms with van der Waals surface area (Å²) in [5.41, 5.74) is 2.34. The average Bonchev–Trinajstić information content (AvgIpc) is 3.11. The van der Waals surface area contributed by atoms with Crippen molar-refractivity contribution >= 4 is 27.9 Å². The van der Waals surface area contributed by atoms with Gasteiger partial charge in [-0.25, -0.2) is 9.07 Å². The first kappa shape index (κ1) is 18.5. The van der Waals surface area contributed by atoms with Gasteiger partial charge >= 0.3 is 0 Å². The number of nitrogens with one attached hydrogen (secondary N) is 1. The zero-order valence-electron chi connectivity index (χ0n) is 14.1. The van der Waals surface area contributed by atoms with Gasteiger partial charge in [0.2, 0.25) is 5.91 Å². The summed E-state index contributed by atoms with van der Waals surface area (Å²) in [4.78, 5) is 11.9. The van der Waals surface area contributed by atoms with Gasteiger partial charge < -0.3 is 5.32 Å². The number of nitrogens with zero attached hydrogens (tertiary/aromatic N) is 3. The molecule has 1 heterocycles. The highest BCUT2D eigenvalue weighted by atomic mass is 79.9. The third-order valence-corrected chi connectivity index (χ3v) is 4.16. The van der Waals surface area contributed by atoms with E-state index in [-0.39, 0.29) is 5.91 Å². The van der Waals surface area contributed by atoms with Gasteiger partial charge in [-0.15, -0.1) is 0 Å². The molecule has 0 saturated heterocycles. The van der Waals surface area contributed by atoms with Crippen molar-refractivity contribution in [2.75, 3.05) is 0 Å². The molecule has 0 atom stereocenters. The smallest absolute Gasteiger partial charge is 0.244 e. The minimum Gasteiger partial charge on any atom is -0.348 e. The lowest BCUT2D eigenvalue weighted by Crippen LogP contribution is -2.20. The number of hydrogen-bond donors (Lipinski definition) is 1. The average molecular weight is 425 g/mol. The molecule has 3 rings (SSSR count). The zero-order valence-corrected chi connectivity index (χ0v) is 15.6. The molecule has 134 valence electrons. The largest absolute Gasteiger partial charge is 0.348 e. The molecule has 0 aliphatic heterocycles. The van der Waals surface area contributed by atoms with Gasteiger partial charge in [0.05, 0.1) is 22.3 Å². The second-order valence-corrected chi connectivity index (χ2v) is 6.59. The summed E-state index contributed by atoms with van der Waals surface area (Å²) in [6, 6.07) is 13.6. The maximum Gasteiger partial charge on any atom is 0.244 e. The number of nitriles is 1. The summed E-state index contributed by atoms with van der Waals surface area (Å²) < 4.78 is 16.4. The molecule has 1 aromatic heterocycles. The van der Waals surface area contributed by atoms with E-state index in [9.17, 15) is 9.18 Å². The molecule has 0 saturated carbocycles. The molecule has 5 nitrogen and oxygen atoms in total. The number of rotatable bonds is 5. The van der Waals surface area contributed by atoms with Gasteiger partial charge in [-0.2, -0.15) is 10.4 Å². The van der Waals surface area contributed by atoms with Crippen LogP contribution >= 0.6 is 15.9 Å². The third kappa shape index (κ3) is 4.90. The highest BCUT2D eigenvalue weighted by Gasteiger charge is 2.06. The molecule has 0 fully saturated rings. The Balaban J connectivity index is 1.60. The number of aromatic nitrogens is 2. The first-order valence-electron chi connectivity index (χ1n) is 8.00. The molecule has 3 aromatic rings. The van der Waals surface area contributed by atoms with E-state index in [1.807, 2.05) is 6.07 Å². The molecule has 0 spiro atoms. The number of amides is 1. The molecule has 1 amide bonds. The summed E-state index contributed by atoms with van der Waals surface area (Å²) in [7, 11) is 0. The Morgan fingerprint density at radius 2 is 2.07 bits per heavy atom. The van der Waals surface area contributed by atoms with Crippen molar-refractivity contribution in [3.05, 3.63) is 87.9 Å². The molecular formula is C20H14BrFN4O. The summed E-state index contributed by atoms with van der Waals surface area (Å²) >= 11 is 3.27. The van der Waals surface area contributed by atoms with Crippen LogP contribution in [0.3, 0.4) is 0 Å². The molecule has 0 aliphatic rings. The summed E-state index contributed by atoms with van der Waals surface area (Å²) in [6.45, 7) is 0.344. The van der Waals surface area contributed by atoms with Crippen LogP contribution < -0.4 is 5.32 Å². The summed E-state index contributed by atoms with van der Waals surface area (Å²) in [5, 5.41) is 15.5. The van der Waals surface area contributed by atoms with Crippen LogP contribution in [-0.2, 0) is 11.3 Å². The fourth-order valence-corrected chi connectivity index (χ4v) is 2.65. The normalized spacial score (nSPS) is 10.7. The lowest BCUT2D eigenvalue weighted by molar-refractivity contribution is -0.116. The van der Waals surface area contributed by atoms with Gasteiger partial charge in [0.25, 0.3) is 0 Å². The zero-order chi connectivity index (χ0) is 19.2. The van der Waals surface area contributed by atoms with Crippen molar-refractivity contribution in [3.63, 3.8) is 0 Å². The first-order valence-corrected chi connectivity index (χ1v) is 8.79. The van der Waals surface area contributed by atoms with Crippen molar-refractivity contribution in [1.82, 2.24) is 15.1 Å². The van der Waals surface area contributed by atoms with Gasteiger partial charge in [-0.3, -0.25) is 4.79 Å². The Hall–Kier alpha value is -3.24. The first-order chi connectivity index (χ1) is 13.0. The SMILES string of the molecule is N#Cc1ccc(CNC(=O)/C=C/c2ccc(-n3cc(Br)cn3)c(F)c2)cc1. The maximum atomic E-state index is 14.3. The number of carbonyl (C=O) groups is 1. The molecule has 0 unspecified atom stereocenters. The minimum absolute atomic E-state index is 0.292. The molecule has 7 heteroatoms. The molecule has 2 aromatic carbocycles. The monoisotopic (exact) mass is 424 g/mol. The van der Waals surface area contributed by atoms with E-state index < -0.39 is 5.82 Å². The van der Waals surface area contributed by atoms with Crippen LogP contribution in [-0.4, -0.2) is 15.7 Å². The lowest BCUT2D eigenvalue weighted by atomic mass is 10.1. The van der Waals surface area contributed by atoms with Crippen molar-refractivity contribution in [2.45, 2.75) is 6.54 Å². The quantitative estimate of drug-likeness (QED) is 0.629. The molecule has 1 N–H and O–H groups in total.